The van der Waals surface area contributed by atoms with E-state index in [2.05, 4.69) is 36.7 Å². The number of ether oxygens (including phenoxy) is 1. The number of hydrogen-bond acceptors (Lipinski definition) is 1. The molecule has 1 aliphatic heterocycles. The van der Waals surface area contributed by atoms with E-state index in [1.54, 1.807) is 0 Å². The van der Waals surface area contributed by atoms with Gasteiger partial charge in [0, 0.05) is 4.83 Å². The van der Waals surface area contributed by atoms with Crippen molar-refractivity contribution in [2.75, 3.05) is 0 Å². The molecule has 78 valence electrons. The molecule has 2 heteroatoms. The first-order chi connectivity index (χ1) is 5.99. The molecule has 1 nitrogen and oxygen atoms in total. The maximum absolute atomic E-state index is 5.92. The molecule has 0 aromatic rings. The molecule has 1 rings (SSSR count). The van der Waals surface area contributed by atoms with E-state index in [4.69, 9.17) is 4.74 Å². The fourth-order valence-electron chi connectivity index (χ4n) is 1.91. The number of alkyl halides is 1. The quantitative estimate of drug-likeness (QED) is 0.686. The van der Waals surface area contributed by atoms with E-state index in [1.807, 2.05) is 0 Å². The van der Waals surface area contributed by atoms with Crippen molar-refractivity contribution in [3.8, 4) is 0 Å². The summed E-state index contributed by atoms with van der Waals surface area (Å²) in [6.45, 7) is 6.60. The van der Waals surface area contributed by atoms with Gasteiger partial charge in [0.15, 0.2) is 0 Å². The highest BCUT2D eigenvalue weighted by Crippen LogP contribution is 2.31. The molecule has 0 amide bonds. The summed E-state index contributed by atoms with van der Waals surface area (Å²) in [5, 5.41) is 0. The van der Waals surface area contributed by atoms with Crippen LogP contribution in [0.5, 0.6) is 0 Å². The molecule has 0 aromatic heterocycles. The minimum atomic E-state index is 0.144. The molecule has 1 aliphatic rings. The Bertz CT molecular complexity index is 154. The molecule has 2 atom stereocenters. The van der Waals surface area contributed by atoms with Crippen molar-refractivity contribution in [3.63, 3.8) is 0 Å². The lowest BCUT2D eigenvalue weighted by Gasteiger charge is -2.19. The van der Waals surface area contributed by atoms with Gasteiger partial charge in [0.2, 0.25) is 0 Å². The summed E-state index contributed by atoms with van der Waals surface area (Å²) in [6.07, 6.45) is 6.79. The summed E-state index contributed by atoms with van der Waals surface area (Å²) in [7, 11) is 0. The Labute approximate surface area is 90.4 Å². The zero-order valence-electron chi connectivity index (χ0n) is 8.98. The second-order valence-corrected chi connectivity index (χ2v) is 6.31. The average Bonchev–Trinajstić information content (AvgIpc) is 2.29. The minimum absolute atomic E-state index is 0.144. The molecule has 1 saturated heterocycles. The highest BCUT2D eigenvalue weighted by molar-refractivity contribution is 9.09. The van der Waals surface area contributed by atoms with Crippen molar-refractivity contribution in [1.29, 1.82) is 0 Å². The molecule has 1 fully saturated rings. The molecule has 0 aliphatic carbocycles. The van der Waals surface area contributed by atoms with Gasteiger partial charge in [-0.1, -0.05) is 22.9 Å². The normalized spacial score (nSPS) is 29.1. The Balaban J connectivity index is 2.11. The molecular weight excluding hydrogens is 228 g/mol. The van der Waals surface area contributed by atoms with E-state index < -0.39 is 0 Å². The van der Waals surface area contributed by atoms with E-state index in [-0.39, 0.29) is 5.60 Å². The van der Waals surface area contributed by atoms with E-state index in [0.717, 1.165) is 0 Å². The van der Waals surface area contributed by atoms with Crippen LogP contribution in [0.25, 0.3) is 0 Å². The first-order valence-corrected chi connectivity index (χ1v) is 6.23. The molecular formula is C11H21BrO. The summed E-state index contributed by atoms with van der Waals surface area (Å²) in [6, 6.07) is 0. The van der Waals surface area contributed by atoms with Crippen LogP contribution in [0.15, 0.2) is 0 Å². The van der Waals surface area contributed by atoms with Gasteiger partial charge in [0.25, 0.3) is 0 Å². The van der Waals surface area contributed by atoms with Gasteiger partial charge in [0.1, 0.15) is 0 Å². The third-order valence-electron chi connectivity index (χ3n) is 2.68. The summed E-state index contributed by atoms with van der Waals surface area (Å²) < 4.78 is 5.92. The number of halogens is 1. The maximum atomic E-state index is 5.92. The Hall–Kier alpha value is 0.440. The van der Waals surface area contributed by atoms with Crippen LogP contribution in [0.1, 0.15) is 52.9 Å². The number of rotatable bonds is 4. The second-order valence-electron chi connectivity index (χ2n) is 4.75. The standard InChI is InChI=1S/C11H21BrO/c1-9(12)5-4-6-10-7-8-11(2,3)13-10/h9-10H,4-8H2,1-3H3. The first-order valence-electron chi connectivity index (χ1n) is 5.31. The molecule has 1 heterocycles. The van der Waals surface area contributed by atoms with Crippen molar-refractivity contribution in [1.82, 2.24) is 0 Å². The van der Waals surface area contributed by atoms with Crippen molar-refractivity contribution in [3.05, 3.63) is 0 Å². The molecule has 0 saturated carbocycles. The fraction of sp³-hybridized carbons (Fsp3) is 1.00. The molecule has 0 radical (unpaired) electrons. The van der Waals surface area contributed by atoms with Crippen LogP contribution in [0.3, 0.4) is 0 Å². The molecule has 13 heavy (non-hydrogen) atoms. The van der Waals surface area contributed by atoms with Gasteiger partial charge in [-0.25, -0.2) is 0 Å². The van der Waals surface area contributed by atoms with Crippen molar-refractivity contribution >= 4 is 15.9 Å². The Kier molecular flexibility index (Phi) is 4.24. The smallest absolute Gasteiger partial charge is 0.0631 e. The summed E-state index contributed by atoms with van der Waals surface area (Å²) in [5.41, 5.74) is 0.144. The van der Waals surface area contributed by atoms with Gasteiger partial charge in [0.05, 0.1) is 11.7 Å². The predicted octanol–water partition coefficient (Wildman–Crippen LogP) is 3.90. The summed E-state index contributed by atoms with van der Waals surface area (Å²) >= 11 is 3.57. The third-order valence-corrected chi connectivity index (χ3v) is 3.14. The fourth-order valence-corrected chi connectivity index (χ4v) is 2.23. The molecule has 0 bridgehead atoms. The third kappa shape index (κ3) is 4.46. The maximum Gasteiger partial charge on any atom is 0.0631 e. The van der Waals surface area contributed by atoms with Gasteiger partial charge in [-0.15, -0.1) is 0 Å². The van der Waals surface area contributed by atoms with Gasteiger partial charge < -0.3 is 4.74 Å². The SMILES string of the molecule is CC(Br)CCCC1CCC(C)(C)O1. The lowest BCUT2D eigenvalue weighted by atomic mass is 10.0. The van der Waals surface area contributed by atoms with Crippen molar-refractivity contribution in [2.24, 2.45) is 0 Å². The Morgan fingerprint density at radius 3 is 2.69 bits per heavy atom. The van der Waals surface area contributed by atoms with Crippen molar-refractivity contribution in [2.45, 2.75) is 69.4 Å². The van der Waals surface area contributed by atoms with E-state index in [9.17, 15) is 0 Å². The van der Waals surface area contributed by atoms with E-state index in [1.165, 1.54) is 32.1 Å². The molecule has 2 unspecified atom stereocenters. The van der Waals surface area contributed by atoms with Crippen LogP contribution in [0, 0.1) is 0 Å². The molecule has 0 aromatic carbocycles. The first kappa shape index (κ1) is 11.5. The van der Waals surface area contributed by atoms with Gasteiger partial charge in [-0.3, -0.25) is 0 Å². The Morgan fingerprint density at radius 1 is 1.54 bits per heavy atom. The van der Waals surface area contributed by atoms with Gasteiger partial charge >= 0.3 is 0 Å². The largest absolute Gasteiger partial charge is 0.372 e. The van der Waals surface area contributed by atoms with Crippen LogP contribution in [0.2, 0.25) is 0 Å². The van der Waals surface area contributed by atoms with Gasteiger partial charge in [-0.05, 0) is 46.0 Å². The zero-order chi connectivity index (χ0) is 9.90. The second kappa shape index (κ2) is 4.79. The minimum Gasteiger partial charge on any atom is -0.372 e. The topological polar surface area (TPSA) is 9.23 Å². The monoisotopic (exact) mass is 248 g/mol. The van der Waals surface area contributed by atoms with Crippen LogP contribution in [-0.2, 0) is 4.74 Å². The average molecular weight is 249 g/mol. The zero-order valence-corrected chi connectivity index (χ0v) is 10.6. The lowest BCUT2D eigenvalue weighted by Crippen LogP contribution is -2.19. The predicted molar refractivity (Wildman–Crippen MR) is 60.4 cm³/mol. The van der Waals surface area contributed by atoms with Crippen LogP contribution >= 0.6 is 15.9 Å². The Morgan fingerprint density at radius 2 is 2.23 bits per heavy atom. The molecule has 0 spiro atoms. The lowest BCUT2D eigenvalue weighted by molar-refractivity contribution is -0.0190. The van der Waals surface area contributed by atoms with Crippen LogP contribution in [-0.4, -0.2) is 16.5 Å². The number of hydrogen-bond donors (Lipinski definition) is 0. The van der Waals surface area contributed by atoms with Gasteiger partial charge in [-0.2, -0.15) is 0 Å². The van der Waals surface area contributed by atoms with Crippen LogP contribution < -0.4 is 0 Å². The summed E-state index contributed by atoms with van der Waals surface area (Å²) in [4.78, 5) is 0.655. The molecule has 0 N–H and O–H groups in total. The highest BCUT2D eigenvalue weighted by Gasteiger charge is 2.30. The highest BCUT2D eigenvalue weighted by atomic mass is 79.9. The van der Waals surface area contributed by atoms with E-state index >= 15 is 0 Å². The van der Waals surface area contributed by atoms with Crippen LogP contribution in [0.4, 0.5) is 0 Å². The summed E-state index contributed by atoms with van der Waals surface area (Å²) in [5.74, 6) is 0. The van der Waals surface area contributed by atoms with E-state index in [0.29, 0.717) is 10.9 Å². The van der Waals surface area contributed by atoms with Crippen molar-refractivity contribution < 1.29 is 4.74 Å².